The number of carbonyl (C=O) groups is 1. The summed E-state index contributed by atoms with van der Waals surface area (Å²) < 4.78 is 26.8. The van der Waals surface area contributed by atoms with E-state index in [9.17, 15) is 14.0 Å². The Kier molecular flexibility index (Phi) is 5.59. The zero-order valence-corrected chi connectivity index (χ0v) is 18.7. The van der Waals surface area contributed by atoms with E-state index in [2.05, 4.69) is 17.1 Å². The normalized spacial score (nSPS) is 10.9. The molecule has 2 heterocycles. The van der Waals surface area contributed by atoms with Gasteiger partial charge in [0.1, 0.15) is 17.3 Å². The van der Waals surface area contributed by atoms with Crippen LogP contribution in [0.1, 0.15) is 16.8 Å². The number of ether oxygens (including phenoxy) is 1. The number of benzene rings is 2. The second-order valence-corrected chi connectivity index (χ2v) is 7.81. The standard InChI is InChI=1S/C25H22FN3O4/c1-6-21(30)27-17-7-8-20(32-23-13(2)9-16(26)10-14(23)3)18(11-17)19-12-29(5)25(31)24-22(19)15(4)28-33-24/h6-12H,1H2,2-5H3,(H,27,30). The number of nitrogens with zero attached hydrogens (tertiary/aromatic N) is 2. The van der Waals surface area contributed by atoms with Gasteiger partial charge in [-0.25, -0.2) is 4.39 Å². The lowest BCUT2D eigenvalue weighted by atomic mass is 10.0. The van der Waals surface area contributed by atoms with Crippen molar-refractivity contribution in [3.05, 3.63) is 82.2 Å². The van der Waals surface area contributed by atoms with Crippen LogP contribution in [0.2, 0.25) is 0 Å². The summed E-state index contributed by atoms with van der Waals surface area (Å²) in [6.45, 7) is 8.75. The lowest BCUT2D eigenvalue weighted by Gasteiger charge is -2.17. The third kappa shape index (κ3) is 4.03. The minimum absolute atomic E-state index is 0.119. The van der Waals surface area contributed by atoms with Gasteiger partial charge in [0.05, 0.1) is 11.1 Å². The molecule has 0 saturated carbocycles. The molecule has 0 aliphatic rings. The fourth-order valence-corrected chi connectivity index (χ4v) is 3.78. The fourth-order valence-electron chi connectivity index (χ4n) is 3.78. The first-order valence-electron chi connectivity index (χ1n) is 10.2. The van der Waals surface area contributed by atoms with Gasteiger partial charge in [-0.2, -0.15) is 0 Å². The Morgan fingerprint density at radius 3 is 2.55 bits per heavy atom. The van der Waals surface area contributed by atoms with E-state index < -0.39 is 0 Å². The topological polar surface area (TPSA) is 86.4 Å². The predicted molar refractivity (Wildman–Crippen MR) is 124 cm³/mol. The van der Waals surface area contributed by atoms with E-state index in [1.54, 1.807) is 52.2 Å². The van der Waals surface area contributed by atoms with E-state index in [4.69, 9.17) is 9.26 Å². The van der Waals surface area contributed by atoms with Crippen LogP contribution in [-0.2, 0) is 11.8 Å². The molecule has 0 unspecified atom stereocenters. The number of nitrogens with one attached hydrogen (secondary N) is 1. The Morgan fingerprint density at radius 2 is 1.88 bits per heavy atom. The smallest absolute Gasteiger partial charge is 0.296 e. The maximum absolute atomic E-state index is 13.8. The number of pyridine rings is 1. The Hall–Kier alpha value is -4.20. The van der Waals surface area contributed by atoms with Crippen LogP contribution in [0.3, 0.4) is 0 Å². The number of amides is 1. The Balaban J connectivity index is 1.97. The molecule has 0 saturated heterocycles. The maximum Gasteiger partial charge on any atom is 0.296 e. The summed E-state index contributed by atoms with van der Waals surface area (Å²) >= 11 is 0. The molecule has 0 spiro atoms. The molecule has 1 amide bonds. The van der Waals surface area contributed by atoms with Crippen molar-refractivity contribution in [3.8, 4) is 22.6 Å². The monoisotopic (exact) mass is 447 g/mol. The zero-order valence-electron chi connectivity index (χ0n) is 18.7. The molecular weight excluding hydrogens is 425 g/mol. The molecule has 7 nitrogen and oxygen atoms in total. The van der Waals surface area contributed by atoms with Crippen LogP contribution in [0.5, 0.6) is 11.5 Å². The lowest BCUT2D eigenvalue weighted by molar-refractivity contribution is -0.111. The van der Waals surface area contributed by atoms with Gasteiger partial charge in [0, 0.05) is 30.1 Å². The van der Waals surface area contributed by atoms with Gasteiger partial charge in [0.2, 0.25) is 11.5 Å². The molecular formula is C25H22FN3O4. The zero-order chi connectivity index (χ0) is 23.9. The van der Waals surface area contributed by atoms with Gasteiger partial charge in [-0.3, -0.25) is 9.59 Å². The average Bonchev–Trinajstić information content (AvgIpc) is 3.15. The van der Waals surface area contributed by atoms with Crippen molar-refractivity contribution in [1.29, 1.82) is 0 Å². The first-order valence-corrected chi connectivity index (χ1v) is 10.2. The van der Waals surface area contributed by atoms with Crippen molar-refractivity contribution in [3.63, 3.8) is 0 Å². The second kappa shape index (κ2) is 8.38. The van der Waals surface area contributed by atoms with Crippen LogP contribution >= 0.6 is 0 Å². The third-order valence-corrected chi connectivity index (χ3v) is 5.33. The molecule has 4 aromatic rings. The first-order chi connectivity index (χ1) is 15.7. The molecule has 0 aliphatic heterocycles. The van der Waals surface area contributed by atoms with Gasteiger partial charge < -0.3 is 19.1 Å². The minimum atomic E-state index is -0.369. The van der Waals surface area contributed by atoms with Crippen LogP contribution in [0.25, 0.3) is 22.1 Å². The van der Waals surface area contributed by atoms with Gasteiger partial charge in [0.15, 0.2) is 0 Å². The summed E-state index contributed by atoms with van der Waals surface area (Å²) in [4.78, 5) is 24.5. The van der Waals surface area contributed by atoms with E-state index >= 15 is 0 Å². The maximum atomic E-state index is 13.8. The highest BCUT2D eigenvalue weighted by molar-refractivity contribution is 6.01. The highest BCUT2D eigenvalue weighted by atomic mass is 19.1. The molecule has 0 radical (unpaired) electrons. The summed E-state index contributed by atoms with van der Waals surface area (Å²) in [6, 6.07) is 7.92. The van der Waals surface area contributed by atoms with Crippen LogP contribution in [0, 0.1) is 26.6 Å². The highest BCUT2D eigenvalue weighted by Gasteiger charge is 2.21. The molecule has 1 N–H and O–H groups in total. The number of aromatic nitrogens is 2. The quantitative estimate of drug-likeness (QED) is 0.426. The summed E-state index contributed by atoms with van der Waals surface area (Å²) in [5.41, 5.74) is 3.33. The largest absolute Gasteiger partial charge is 0.456 e. The Labute approximate surface area is 189 Å². The number of fused-ring (bicyclic) bond motifs is 1. The molecule has 2 aromatic carbocycles. The summed E-state index contributed by atoms with van der Waals surface area (Å²) in [5, 5.41) is 7.25. The first kappa shape index (κ1) is 22.0. The number of aryl methyl sites for hydroxylation is 4. The second-order valence-electron chi connectivity index (χ2n) is 7.81. The number of hydrogen-bond donors (Lipinski definition) is 1. The van der Waals surface area contributed by atoms with Crippen LogP contribution in [0.15, 0.2) is 58.5 Å². The van der Waals surface area contributed by atoms with E-state index in [0.29, 0.717) is 50.5 Å². The highest BCUT2D eigenvalue weighted by Crippen LogP contribution is 2.40. The summed E-state index contributed by atoms with van der Waals surface area (Å²) in [5.74, 6) is 0.250. The molecule has 0 fully saturated rings. The molecule has 0 bridgehead atoms. The molecule has 8 heteroatoms. The molecule has 0 atom stereocenters. The average molecular weight is 447 g/mol. The van der Waals surface area contributed by atoms with Crippen LogP contribution in [0.4, 0.5) is 10.1 Å². The van der Waals surface area contributed by atoms with Gasteiger partial charge in [-0.05, 0) is 68.3 Å². The number of carbonyl (C=O) groups excluding carboxylic acids is 1. The van der Waals surface area contributed by atoms with Crippen LogP contribution in [-0.4, -0.2) is 15.6 Å². The van der Waals surface area contributed by atoms with Crippen molar-refractivity contribution < 1.29 is 18.4 Å². The van der Waals surface area contributed by atoms with Gasteiger partial charge in [-0.1, -0.05) is 11.7 Å². The lowest BCUT2D eigenvalue weighted by Crippen LogP contribution is -2.16. The Bertz CT molecular complexity index is 1460. The predicted octanol–water partition coefficient (Wildman–Crippen LogP) is 5.17. The van der Waals surface area contributed by atoms with Gasteiger partial charge in [-0.15, -0.1) is 0 Å². The molecule has 168 valence electrons. The third-order valence-electron chi connectivity index (χ3n) is 5.33. The number of rotatable bonds is 5. The number of halogens is 1. The van der Waals surface area contributed by atoms with Crippen molar-refractivity contribution in [2.45, 2.75) is 20.8 Å². The van der Waals surface area contributed by atoms with Crippen molar-refractivity contribution in [1.82, 2.24) is 9.72 Å². The van der Waals surface area contributed by atoms with Gasteiger partial charge in [0.25, 0.3) is 5.56 Å². The molecule has 4 rings (SSSR count). The minimum Gasteiger partial charge on any atom is -0.456 e. The van der Waals surface area contributed by atoms with Crippen LogP contribution < -0.4 is 15.6 Å². The van der Waals surface area contributed by atoms with Crippen molar-refractivity contribution >= 4 is 22.6 Å². The van der Waals surface area contributed by atoms with E-state index in [1.165, 1.54) is 22.8 Å². The van der Waals surface area contributed by atoms with Crippen molar-refractivity contribution in [2.24, 2.45) is 7.05 Å². The number of anilines is 1. The number of hydrogen-bond acceptors (Lipinski definition) is 5. The molecule has 2 aromatic heterocycles. The molecule has 0 aliphatic carbocycles. The summed E-state index contributed by atoms with van der Waals surface area (Å²) in [6.07, 6.45) is 2.84. The Morgan fingerprint density at radius 1 is 1.18 bits per heavy atom. The van der Waals surface area contributed by atoms with E-state index in [-0.39, 0.29) is 22.9 Å². The van der Waals surface area contributed by atoms with Crippen molar-refractivity contribution in [2.75, 3.05) is 5.32 Å². The van der Waals surface area contributed by atoms with Gasteiger partial charge >= 0.3 is 0 Å². The molecule has 33 heavy (non-hydrogen) atoms. The summed E-state index contributed by atoms with van der Waals surface area (Å²) in [7, 11) is 1.61. The van der Waals surface area contributed by atoms with E-state index in [0.717, 1.165) is 0 Å². The SMILES string of the molecule is C=CC(=O)Nc1ccc(Oc2c(C)cc(F)cc2C)c(-c2cn(C)c(=O)c3onc(C)c23)c1. The van der Waals surface area contributed by atoms with E-state index in [1.807, 2.05) is 0 Å². The fraction of sp³-hybridized carbons (Fsp3) is 0.160.